The van der Waals surface area contributed by atoms with Crippen molar-refractivity contribution in [2.24, 2.45) is 22.7 Å². The molecule has 0 aromatic heterocycles. The summed E-state index contributed by atoms with van der Waals surface area (Å²) in [6.07, 6.45) is 3.81. The Morgan fingerprint density at radius 2 is 2.08 bits per heavy atom. The maximum atomic E-state index is 6.44. The zero-order valence-electron chi connectivity index (χ0n) is 14.5. The third-order valence-electron chi connectivity index (χ3n) is 6.60. The van der Waals surface area contributed by atoms with Gasteiger partial charge in [-0.05, 0) is 44.6 Å². The van der Waals surface area contributed by atoms with Crippen LogP contribution < -0.4 is 0 Å². The lowest BCUT2D eigenvalue weighted by atomic mass is 9.59. The first-order valence-electron chi connectivity index (χ1n) is 9.13. The minimum absolute atomic E-state index is 0.277. The highest BCUT2D eigenvalue weighted by Gasteiger charge is 2.68. The fourth-order valence-electron chi connectivity index (χ4n) is 5.31. The third kappa shape index (κ3) is 1.97. The van der Waals surface area contributed by atoms with Gasteiger partial charge in [0.25, 0.3) is 0 Å². The number of fused-ring (bicyclic) bond motifs is 2. The molecule has 6 aliphatic rings. The van der Waals surface area contributed by atoms with Gasteiger partial charge in [0.1, 0.15) is 5.04 Å². The van der Waals surface area contributed by atoms with Crippen LogP contribution in [0.1, 0.15) is 46.5 Å². The largest absolute Gasteiger partial charge is 0.459 e. The summed E-state index contributed by atoms with van der Waals surface area (Å²) in [6, 6.07) is 0. The van der Waals surface area contributed by atoms with E-state index in [0.717, 1.165) is 42.4 Å². The summed E-state index contributed by atoms with van der Waals surface area (Å²) in [5, 5.41) is 1.03. The zero-order chi connectivity index (χ0) is 16.5. The van der Waals surface area contributed by atoms with Crippen molar-refractivity contribution in [2.75, 3.05) is 12.3 Å². The molecule has 5 aliphatic heterocycles. The molecular formula is C18H25NO4S. The van der Waals surface area contributed by atoms with Crippen molar-refractivity contribution in [2.45, 2.75) is 64.1 Å². The van der Waals surface area contributed by atoms with Crippen LogP contribution in [0.15, 0.2) is 16.3 Å². The van der Waals surface area contributed by atoms with Crippen molar-refractivity contribution in [1.82, 2.24) is 0 Å². The van der Waals surface area contributed by atoms with E-state index in [1.165, 1.54) is 12.0 Å². The molecule has 1 aliphatic carbocycles. The van der Waals surface area contributed by atoms with Gasteiger partial charge in [0, 0.05) is 30.6 Å². The Bertz CT molecular complexity index is 635. The monoisotopic (exact) mass is 351 g/mol. The summed E-state index contributed by atoms with van der Waals surface area (Å²) in [5.41, 5.74) is 0.749. The molecule has 2 bridgehead atoms. The Morgan fingerprint density at radius 1 is 1.21 bits per heavy atom. The standard InChI is InChI=1S/C18H25NO4S/c1-10-4-5-13-11(2)14(15-19-8-9-24-15)20-16-18(13)12(10)6-7-17(3,21-16)22-23-18/h10,12-13,16H,4-9H2,1-3H3/t10-,12+,13+,16-,17+,18-/m1/s1. The fourth-order valence-corrected chi connectivity index (χ4v) is 6.20. The highest BCUT2D eigenvalue weighted by atomic mass is 32.2. The van der Waals surface area contributed by atoms with Crippen molar-refractivity contribution in [3.63, 3.8) is 0 Å². The lowest BCUT2D eigenvalue weighted by Crippen LogP contribution is -2.66. The van der Waals surface area contributed by atoms with E-state index < -0.39 is 17.7 Å². The minimum Gasteiger partial charge on any atom is -0.459 e. The molecule has 6 rings (SSSR count). The maximum absolute atomic E-state index is 6.44. The SMILES string of the molecule is CC1=C(C2=NCCS2)O[C@@H]2O[C@]3(C)CC[C@H]4[C@H](C)CC[C@@H]1[C@@]24OO3. The number of hydrogen-bond donors (Lipinski definition) is 0. The second-order valence-electron chi connectivity index (χ2n) is 8.02. The highest BCUT2D eigenvalue weighted by molar-refractivity contribution is 8.14. The van der Waals surface area contributed by atoms with Gasteiger partial charge in [-0.2, -0.15) is 0 Å². The molecule has 5 nitrogen and oxygen atoms in total. The average molecular weight is 351 g/mol. The van der Waals surface area contributed by atoms with Crippen LogP contribution in [0.25, 0.3) is 0 Å². The number of aliphatic imine (C=N–C) groups is 1. The Kier molecular flexibility index (Phi) is 3.41. The van der Waals surface area contributed by atoms with Crippen molar-refractivity contribution >= 4 is 16.8 Å². The molecule has 132 valence electrons. The van der Waals surface area contributed by atoms with Gasteiger partial charge >= 0.3 is 0 Å². The molecule has 3 saturated heterocycles. The van der Waals surface area contributed by atoms with E-state index in [9.17, 15) is 0 Å². The van der Waals surface area contributed by atoms with Crippen LogP contribution in [0, 0.1) is 17.8 Å². The summed E-state index contributed by atoms with van der Waals surface area (Å²) in [6.45, 7) is 7.36. The van der Waals surface area contributed by atoms with Gasteiger partial charge in [0.2, 0.25) is 12.1 Å². The predicted octanol–water partition coefficient (Wildman–Crippen LogP) is 3.65. The number of nitrogens with zero attached hydrogens (tertiary/aromatic N) is 1. The van der Waals surface area contributed by atoms with Gasteiger partial charge in [-0.1, -0.05) is 6.92 Å². The Balaban J connectivity index is 1.64. The average Bonchev–Trinajstić information content (AvgIpc) is 2.99. The minimum atomic E-state index is -0.710. The molecule has 0 amide bonds. The van der Waals surface area contributed by atoms with E-state index in [-0.39, 0.29) is 5.92 Å². The van der Waals surface area contributed by atoms with Gasteiger partial charge < -0.3 is 9.47 Å². The molecule has 6 heteroatoms. The molecule has 0 N–H and O–H groups in total. The summed E-state index contributed by atoms with van der Waals surface area (Å²) < 4.78 is 12.8. The van der Waals surface area contributed by atoms with E-state index >= 15 is 0 Å². The molecule has 0 aromatic rings. The summed E-state index contributed by atoms with van der Waals surface area (Å²) in [7, 11) is 0. The first-order chi connectivity index (χ1) is 11.5. The van der Waals surface area contributed by atoms with Gasteiger partial charge in [-0.25, -0.2) is 9.78 Å². The number of hydrogen-bond acceptors (Lipinski definition) is 6. The van der Waals surface area contributed by atoms with Gasteiger partial charge in [0.05, 0.1) is 0 Å². The molecule has 0 unspecified atom stereocenters. The van der Waals surface area contributed by atoms with E-state index in [1.807, 2.05) is 6.92 Å². The van der Waals surface area contributed by atoms with Gasteiger partial charge in [-0.3, -0.25) is 4.99 Å². The van der Waals surface area contributed by atoms with Crippen LogP contribution in [0.5, 0.6) is 0 Å². The van der Waals surface area contributed by atoms with Crippen LogP contribution in [0.3, 0.4) is 0 Å². The van der Waals surface area contributed by atoms with Crippen molar-refractivity contribution in [3.8, 4) is 0 Å². The summed E-state index contributed by atoms with van der Waals surface area (Å²) >= 11 is 1.79. The molecule has 0 aromatic carbocycles. The first-order valence-corrected chi connectivity index (χ1v) is 10.1. The molecule has 24 heavy (non-hydrogen) atoms. The van der Waals surface area contributed by atoms with Crippen LogP contribution in [0.2, 0.25) is 0 Å². The quantitative estimate of drug-likeness (QED) is 0.675. The molecule has 6 atom stereocenters. The van der Waals surface area contributed by atoms with E-state index in [4.69, 9.17) is 19.2 Å². The highest BCUT2D eigenvalue weighted by Crippen LogP contribution is 2.60. The van der Waals surface area contributed by atoms with E-state index in [0.29, 0.717) is 11.8 Å². The molecule has 4 fully saturated rings. The van der Waals surface area contributed by atoms with Crippen molar-refractivity contribution in [3.05, 3.63) is 11.3 Å². The summed E-state index contributed by atoms with van der Waals surface area (Å²) in [4.78, 5) is 16.6. The third-order valence-corrected chi connectivity index (χ3v) is 7.58. The number of rotatable bonds is 1. The van der Waals surface area contributed by atoms with E-state index in [1.54, 1.807) is 11.8 Å². The van der Waals surface area contributed by atoms with E-state index in [2.05, 4.69) is 18.8 Å². The summed E-state index contributed by atoms with van der Waals surface area (Å²) in [5.74, 6) is 2.53. The second-order valence-corrected chi connectivity index (χ2v) is 9.11. The molecule has 5 heterocycles. The molecule has 1 spiro atoms. The van der Waals surface area contributed by atoms with Gasteiger partial charge in [0.15, 0.2) is 11.4 Å². The second kappa shape index (κ2) is 5.22. The van der Waals surface area contributed by atoms with Crippen molar-refractivity contribution in [1.29, 1.82) is 0 Å². The zero-order valence-corrected chi connectivity index (χ0v) is 15.4. The van der Waals surface area contributed by atoms with Crippen LogP contribution in [0.4, 0.5) is 0 Å². The lowest BCUT2D eigenvalue weighted by Gasteiger charge is -2.57. The van der Waals surface area contributed by atoms with Crippen LogP contribution in [-0.4, -0.2) is 35.0 Å². The number of ether oxygens (including phenoxy) is 2. The Hall–Kier alpha value is -0.560. The molecular weight excluding hydrogens is 326 g/mol. The van der Waals surface area contributed by atoms with Gasteiger partial charge in [-0.15, -0.1) is 11.8 Å². The Labute approximate surface area is 147 Å². The smallest absolute Gasteiger partial charge is 0.236 e. The number of thioether (sulfide) groups is 1. The molecule has 0 radical (unpaired) electrons. The maximum Gasteiger partial charge on any atom is 0.236 e. The van der Waals surface area contributed by atoms with Crippen LogP contribution in [-0.2, 0) is 19.2 Å². The first kappa shape index (κ1) is 15.7. The van der Waals surface area contributed by atoms with Crippen LogP contribution >= 0.6 is 11.8 Å². The topological polar surface area (TPSA) is 49.3 Å². The molecule has 1 saturated carbocycles. The van der Waals surface area contributed by atoms with Crippen molar-refractivity contribution < 1.29 is 19.2 Å². The Morgan fingerprint density at radius 3 is 2.88 bits per heavy atom. The fraction of sp³-hybridized carbons (Fsp3) is 0.833. The normalized spacial score (nSPS) is 50.2. The lowest BCUT2D eigenvalue weighted by molar-refractivity contribution is -0.555. The predicted molar refractivity (Wildman–Crippen MR) is 91.3 cm³/mol.